The molecule has 1 amide bonds. The Balaban J connectivity index is 1.53. The number of aromatic nitrogens is 3. The lowest BCUT2D eigenvalue weighted by Crippen LogP contribution is -2.35. The number of hydrogen-bond donors (Lipinski definition) is 2. The minimum Gasteiger partial charge on any atom is -0.465 e. The van der Waals surface area contributed by atoms with Gasteiger partial charge in [-0.15, -0.1) is 0 Å². The van der Waals surface area contributed by atoms with E-state index in [0.717, 1.165) is 59.5 Å². The van der Waals surface area contributed by atoms with E-state index < -0.39 is 6.09 Å². The fraction of sp³-hybridized carbons (Fsp3) is 0.310. The molecule has 1 aliphatic rings. The molecule has 0 radical (unpaired) electrons. The van der Waals surface area contributed by atoms with E-state index in [-0.39, 0.29) is 0 Å². The molecule has 0 aliphatic carbocycles. The zero-order chi connectivity index (χ0) is 26.5. The van der Waals surface area contributed by atoms with Crippen molar-refractivity contribution in [1.29, 1.82) is 5.26 Å². The third-order valence-electron chi connectivity index (χ3n) is 6.90. The molecule has 1 aliphatic heterocycles. The van der Waals surface area contributed by atoms with Crippen molar-refractivity contribution in [2.24, 2.45) is 5.92 Å². The number of nitrogens with one attached hydrogen (secondary N) is 1. The lowest BCUT2D eigenvalue weighted by Gasteiger charge is -2.29. The minimum absolute atomic E-state index is 0.347. The molecule has 2 N–H and O–H groups in total. The molecule has 0 saturated carbocycles. The second-order valence-corrected chi connectivity index (χ2v) is 9.69. The monoisotopic (exact) mass is 510 g/mol. The van der Waals surface area contributed by atoms with Crippen molar-refractivity contribution in [2.45, 2.75) is 19.3 Å². The topological polar surface area (TPSA) is 116 Å². The van der Waals surface area contributed by atoms with Crippen molar-refractivity contribution in [3.63, 3.8) is 0 Å². The van der Waals surface area contributed by atoms with Crippen LogP contribution in [0.25, 0.3) is 28.0 Å². The van der Waals surface area contributed by atoms with E-state index in [9.17, 15) is 10.1 Å². The standard InChI is InChI=1S/C29H30N6O3/c1-34-15-2-3-22(18-34)19-38-28-33-26(24-10-6-21(17-30)7-11-24)25(27-31-14-16-35(27)28)23-8-4-20(5-9-23)12-13-32-29(36)37/h4-11,14,16,22,32H,2-3,12-13,15,18-19H2,1H3,(H,36,37)/t22-/m1/s1. The molecule has 4 aromatic rings. The van der Waals surface area contributed by atoms with Crippen LogP contribution in [0.4, 0.5) is 4.79 Å². The zero-order valence-corrected chi connectivity index (χ0v) is 21.3. The van der Waals surface area contributed by atoms with Gasteiger partial charge in [-0.05, 0) is 56.1 Å². The van der Waals surface area contributed by atoms with Crippen LogP contribution in [0.15, 0.2) is 60.9 Å². The smallest absolute Gasteiger partial charge is 0.404 e. The highest BCUT2D eigenvalue weighted by Crippen LogP contribution is 2.36. The first-order valence-electron chi connectivity index (χ1n) is 12.8. The quantitative estimate of drug-likeness (QED) is 0.359. The van der Waals surface area contributed by atoms with Crippen LogP contribution in [-0.2, 0) is 6.42 Å². The maximum Gasteiger partial charge on any atom is 0.404 e. The van der Waals surface area contributed by atoms with Gasteiger partial charge in [0.1, 0.15) is 0 Å². The van der Waals surface area contributed by atoms with Gasteiger partial charge in [0, 0.05) is 37.0 Å². The first-order valence-corrected chi connectivity index (χ1v) is 12.8. The van der Waals surface area contributed by atoms with E-state index in [2.05, 4.69) is 28.3 Å². The number of nitriles is 1. The van der Waals surface area contributed by atoms with Crippen molar-refractivity contribution in [3.05, 3.63) is 72.1 Å². The van der Waals surface area contributed by atoms with E-state index in [1.165, 1.54) is 0 Å². The van der Waals surface area contributed by atoms with Crippen molar-refractivity contribution in [2.75, 3.05) is 33.3 Å². The molecule has 0 bridgehead atoms. The average molecular weight is 511 g/mol. The number of nitrogens with zero attached hydrogens (tertiary/aromatic N) is 5. The number of hydrogen-bond acceptors (Lipinski definition) is 6. The second-order valence-electron chi connectivity index (χ2n) is 9.69. The van der Waals surface area contributed by atoms with Crippen LogP contribution in [0, 0.1) is 17.2 Å². The number of rotatable bonds is 8. The first-order chi connectivity index (χ1) is 18.5. The fourth-order valence-corrected chi connectivity index (χ4v) is 4.99. The summed E-state index contributed by atoms with van der Waals surface area (Å²) in [5.74, 6) is 0.440. The molecule has 38 heavy (non-hydrogen) atoms. The van der Waals surface area contributed by atoms with Gasteiger partial charge in [-0.25, -0.2) is 9.78 Å². The van der Waals surface area contributed by atoms with Crippen LogP contribution >= 0.6 is 0 Å². The number of carboxylic acid groups (broad SMARTS) is 1. The Morgan fingerprint density at radius 3 is 2.66 bits per heavy atom. The summed E-state index contributed by atoms with van der Waals surface area (Å²) in [6, 6.07) is 18.0. The predicted molar refractivity (Wildman–Crippen MR) is 144 cm³/mol. The Bertz CT molecular complexity index is 1460. The van der Waals surface area contributed by atoms with Crippen LogP contribution in [0.3, 0.4) is 0 Å². The zero-order valence-electron chi connectivity index (χ0n) is 21.3. The van der Waals surface area contributed by atoms with Gasteiger partial charge >= 0.3 is 12.1 Å². The van der Waals surface area contributed by atoms with Crippen molar-refractivity contribution >= 4 is 11.7 Å². The third kappa shape index (κ3) is 5.61. The Labute approximate surface area is 221 Å². The molecule has 9 heteroatoms. The highest BCUT2D eigenvalue weighted by atomic mass is 16.5. The van der Waals surface area contributed by atoms with E-state index in [1.54, 1.807) is 18.3 Å². The summed E-state index contributed by atoms with van der Waals surface area (Å²) >= 11 is 0. The van der Waals surface area contributed by atoms with Crippen LogP contribution < -0.4 is 10.1 Å². The molecule has 2 aromatic carbocycles. The van der Waals surface area contributed by atoms with E-state index in [0.29, 0.717) is 37.1 Å². The van der Waals surface area contributed by atoms with Gasteiger partial charge in [-0.1, -0.05) is 36.4 Å². The Hall–Kier alpha value is -4.42. The summed E-state index contributed by atoms with van der Waals surface area (Å²) in [7, 11) is 2.14. The molecule has 1 fully saturated rings. The Morgan fingerprint density at radius 1 is 1.18 bits per heavy atom. The van der Waals surface area contributed by atoms with Gasteiger partial charge in [0.05, 0.1) is 29.5 Å². The second kappa shape index (κ2) is 11.3. The highest BCUT2D eigenvalue weighted by Gasteiger charge is 2.22. The molecule has 0 unspecified atom stereocenters. The maximum atomic E-state index is 10.8. The summed E-state index contributed by atoms with van der Waals surface area (Å²) in [4.78, 5) is 22.8. The number of ether oxygens (including phenoxy) is 1. The fourth-order valence-electron chi connectivity index (χ4n) is 4.99. The number of benzene rings is 2. The van der Waals surface area contributed by atoms with Crippen LogP contribution in [0.5, 0.6) is 6.01 Å². The number of likely N-dealkylation sites (tertiary alicyclic amines) is 1. The summed E-state index contributed by atoms with van der Waals surface area (Å²) < 4.78 is 8.21. The SMILES string of the molecule is CN1CCC[C@@H](COc2nc(-c3ccc(C#N)cc3)c(-c3ccc(CCNC(=O)O)cc3)c3nccn23)C1. The van der Waals surface area contributed by atoms with E-state index in [4.69, 9.17) is 14.8 Å². The predicted octanol–water partition coefficient (Wildman–Crippen LogP) is 4.47. The summed E-state index contributed by atoms with van der Waals surface area (Å²) in [6.45, 7) is 3.05. The molecule has 3 heterocycles. The molecular weight excluding hydrogens is 480 g/mol. The highest BCUT2D eigenvalue weighted by molar-refractivity contribution is 5.90. The normalized spacial score (nSPS) is 15.7. The molecule has 1 saturated heterocycles. The third-order valence-corrected chi connectivity index (χ3v) is 6.90. The van der Waals surface area contributed by atoms with Crippen molar-refractivity contribution in [1.82, 2.24) is 24.6 Å². The minimum atomic E-state index is -1.03. The number of piperidine rings is 1. The maximum absolute atomic E-state index is 10.8. The average Bonchev–Trinajstić information content (AvgIpc) is 3.42. The lowest BCUT2D eigenvalue weighted by molar-refractivity contribution is 0.143. The lowest BCUT2D eigenvalue weighted by atomic mass is 9.98. The molecule has 1 atom stereocenters. The van der Waals surface area contributed by atoms with Crippen molar-refractivity contribution < 1.29 is 14.6 Å². The summed E-state index contributed by atoms with van der Waals surface area (Å²) in [5, 5.41) is 20.5. The molecular formula is C29H30N6O3. The van der Waals surface area contributed by atoms with E-state index >= 15 is 0 Å². The number of amides is 1. The molecule has 9 nitrogen and oxygen atoms in total. The molecule has 2 aromatic heterocycles. The number of imidazole rings is 1. The molecule has 5 rings (SSSR count). The van der Waals surface area contributed by atoms with Crippen LogP contribution in [0.2, 0.25) is 0 Å². The van der Waals surface area contributed by atoms with Gasteiger partial charge < -0.3 is 20.1 Å². The van der Waals surface area contributed by atoms with Crippen LogP contribution in [-0.4, -0.2) is 63.8 Å². The van der Waals surface area contributed by atoms with E-state index in [1.807, 2.05) is 47.0 Å². The van der Waals surface area contributed by atoms with Gasteiger partial charge in [-0.2, -0.15) is 10.2 Å². The Morgan fingerprint density at radius 2 is 1.95 bits per heavy atom. The van der Waals surface area contributed by atoms with Gasteiger partial charge in [0.2, 0.25) is 0 Å². The largest absolute Gasteiger partial charge is 0.465 e. The van der Waals surface area contributed by atoms with Gasteiger partial charge in [0.25, 0.3) is 0 Å². The first kappa shape index (κ1) is 25.2. The summed E-state index contributed by atoms with van der Waals surface area (Å²) in [5.41, 5.74) is 5.71. The van der Waals surface area contributed by atoms with Gasteiger partial charge in [0.15, 0.2) is 5.65 Å². The molecule has 0 spiro atoms. The number of fused-ring (bicyclic) bond motifs is 1. The number of carbonyl (C=O) groups is 1. The van der Waals surface area contributed by atoms with Gasteiger partial charge in [-0.3, -0.25) is 4.40 Å². The van der Waals surface area contributed by atoms with Crippen LogP contribution in [0.1, 0.15) is 24.0 Å². The molecule has 194 valence electrons. The Kier molecular flexibility index (Phi) is 7.52. The van der Waals surface area contributed by atoms with Crippen molar-refractivity contribution in [3.8, 4) is 34.5 Å². The summed E-state index contributed by atoms with van der Waals surface area (Å²) in [6.07, 6.45) is 5.47.